The van der Waals surface area contributed by atoms with E-state index in [1.807, 2.05) is 6.07 Å². The quantitative estimate of drug-likeness (QED) is 0.586. The second kappa shape index (κ2) is 7.06. The smallest absolute Gasteiger partial charge is 0.341 e. The van der Waals surface area contributed by atoms with E-state index in [1.54, 1.807) is 19.1 Å². The van der Waals surface area contributed by atoms with Crippen LogP contribution in [0.5, 0.6) is 5.75 Å². The fourth-order valence-electron chi connectivity index (χ4n) is 1.33. The van der Waals surface area contributed by atoms with Gasteiger partial charge >= 0.3 is 5.97 Å². The Kier molecular flexibility index (Phi) is 5.71. The third kappa shape index (κ3) is 4.07. The molecular formula is C13H16O4S. The number of carbonyl (C=O) groups excluding carboxylic acids is 2. The summed E-state index contributed by atoms with van der Waals surface area (Å²) in [7, 11) is 1.50. The molecule has 0 atom stereocenters. The minimum absolute atomic E-state index is 0.0912. The van der Waals surface area contributed by atoms with Crippen molar-refractivity contribution in [3.05, 3.63) is 23.8 Å². The van der Waals surface area contributed by atoms with E-state index in [2.05, 4.69) is 0 Å². The van der Waals surface area contributed by atoms with Crippen LogP contribution in [0.4, 0.5) is 0 Å². The number of methoxy groups -OCH3 is 1. The summed E-state index contributed by atoms with van der Waals surface area (Å²) in [4.78, 5) is 23.5. The SMILES string of the molecule is CCOC(=O)c1cc(SCC(C)=O)ccc1OC. The number of rotatable bonds is 6. The van der Waals surface area contributed by atoms with Crippen LogP contribution in [0.3, 0.4) is 0 Å². The molecule has 18 heavy (non-hydrogen) atoms. The first-order chi connectivity index (χ1) is 8.58. The maximum absolute atomic E-state index is 11.7. The molecule has 0 amide bonds. The van der Waals surface area contributed by atoms with E-state index in [-0.39, 0.29) is 5.78 Å². The first-order valence-electron chi connectivity index (χ1n) is 5.55. The zero-order chi connectivity index (χ0) is 13.5. The number of ether oxygens (including phenoxy) is 2. The Morgan fingerprint density at radius 2 is 2.06 bits per heavy atom. The topological polar surface area (TPSA) is 52.6 Å². The molecule has 98 valence electrons. The van der Waals surface area contributed by atoms with E-state index < -0.39 is 5.97 Å². The van der Waals surface area contributed by atoms with Gasteiger partial charge in [0.1, 0.15) is 17.1 Å². The van der Waals surface area contributed by atoms with Crippen LogP contribution in [0.2, 0.25) is 0 Å². The highest BCUT2D eigenvalue weighted by atomic mass is 32.2. The van der Waals surface area contributed by atoms with Gasteiger partial charge in [0.2, 0.25) is 0 Å². The van der Waals surface area contributed by atoms with Gasteiger partial charge in [0.15, 0.2) is 0 Å². The van der Waals surface area contributed by atoms with Crippen LogP contribution in [0, 0.1) is 0 Å². The molecule has 0 N–H and O–H groups in total. The lowest BCUT2D eigenvalue weighted by Crippen LogP contribution is -2.07. The van der Waals surface area contributed by atoms with Crippen molar-refractivity contribution in [1.29, 1.82) is 0 Å². The van der Waals surface area contributed by atoms with Crippen LogP contribution in [0.25, 0.3) is 0 Å². The van der Waals surface area contributed by atoms with E-state index in [0.29, 0.717) is 23.7 Å². The fraction of sp³-hybridized carbons (Fsp3) is 0.385. The maximum Gasteiger partial charge on any atom is 0.341 e. The lowest BCUT2D eigenvalue weighted by Gasteiger charge is -2.09. The zero-order valence-electron chi connectivity index (χ0n) is 10.7. The number of hydrogen-bond donors (Lipinski definition) is 0. The van der Waals surface area contributed by atoms with Crippen LogP contribution in [0.1, 0.15) is 24.2 Å². The number of Topliss-reactive ketones (excluding diaryl/α,β-unsaturated/α-hetero) is 1. The van der Waals surface area contributed by atoms with Gasteiger partial charge in [-0.1, -0.05) is 0 Å². The van der Waals surface area contributed by atoms with Crippen LogP contribution >= 0.6 is 11.8 Å². The van der Waals surface area contributed by atoms with Gasteiger partial charge in [-0.3, -0.25) is 4.79 Å². The summed E-state index contributed by atoms with van der Waals surface area (Å²) in [6.45, 7) is 3.59. The van der Waals surface area contributed by atoms with Crippen molar-refractivity contribution >= 4 is 23.5 Å². The first kappa shape index (κ1) is 14.6. The normalized spacial score (nSPS) is 9.94. The predicted molar refractivity (Wildman–Crippen MR) is 70.4 cm³/mol. The molecule has 0 radical (unpaired) electrons. The molecule has 0 aliphatic carbocycles. The number of carbonyl (C=O) groups is 2. The van der Waals surface area contributed by atoms with Gasteiger partial charge in [-0.25, -0.2) is 4.79 Å². The average Bonchev–Trinajstić information content (AvgIpc) is 2.36. The van der Waals surface area contributed by atoms with Crippen LogP contribution in [0.15, 0.2) is 23.1 Å². The van der Waals surface area contributed by atoms with E-state index in [0.717, 1.165) is 4.90 Å². The lowest BCUT2D eigenvalue weighted by molar-refractivity contribution is -0.114. The van der Waals surface area contributed by atoms with Crippen molar-refractivity contribution in [2.45, 2.75) is 18.7 Å². The molecule has 0 aliphatic heterocycles. The number of ketones is 1. The molecular weight excluding hydrogens is 252 g/mol. The summed E-state index contributed by atoms with van der Waals surface area (Å²) in [6, 6.07) is 5.20. The maximum atomic E-state index is 11.7. The van der Waals surface area contributed by atoms with Gasteiger partial charge in [0.25, 0.3) is 0 Å². The molecule has 0 bridgehead atoms. The summed E-state index contributed by atoms with van der Waals surface area (Å²) in [5.74, 6) is 0.531. The molecule has 4 nitrogen and oxygen atoms in total. The van der Waals surface area contributed by atoms with Gasteiger partial charge in [0.05, 0.1) is 19.5 Å². The highest BCUT2D eigenvalue weighted by molar-refractivity contribution is 8.00. The second-order valence-corrected chi connectivity index (χ2v) is 4.62. The Balaban J connectivity index is 2.94. The average molecular weight is 268 g/mol. The monoisotopic (exact) mass is 268 g/mol. The Morgan fingerprint density at radius 1 is 1.33 bits per heavy atom. The van der Waals surface area contributed by atoms with Gasteiger partial charge in [-0.2, -0.15) is 0 Å². The van der Waals surface area contributed by atoms with Gasteiger partial charge < -0.3 is 9.47 Å². The molecule has 0 heterocycles. The highest BCUT2D eigenvalue weighted by Gasteiger charge is 2.14. The Labute approximate surface area is 111 Å². The molecule has 1 rings (SSSR count). The van der Waals surface area contributed by atoms with Gasteiger partial charge in [-0.15, -0.1) is 11.8 Å². The molecule has 0 saturated heterocycles. The van der Waals surface area contributed by atoms with E-state index in [1.165, 1.54) is 25.8 Å². The predicted octanol–water partition coefficient (Wildman–Crippen LogP) is 2.55. The number of esters is 1. The molecule has 5 heteroatoms. The molecule has 0 unspecified atom stereocenters. The van der Waals surface area contributed by atoms with Crippen molar-refractivity contribution in [2.24, 2.45) is 0 Å². The third-order valence-corrected chi connectivity index (χ3v) is 3.25. The largest absolute Gasteiger partial charge is 0.496 e. The number of hydrogen-bond acceptors (Lipinski definition) is 5. The minimum atomic E-state index is -0.417. The van der Waals surface area contributed by atoms with Crippen molar-refractivity contribution in [3.63, 3.8) is 0 Å². The Morgan fingerprint density at radius 3 is 2.61 bits per heavy atom. The Hall–Kier alpha value is -1.49. The second-order valence-electron chi connectivity index (χ2n) is 3.57. The number of benzene rings is 1. The van der Waals surface area contributed by atoms with Crippen molar-refractivity contribution in [2.75, 3.05) is 19.5 Å². The minimum Gasteiger partial charge on any atom is -0.496 e. The standard InChI is InChI=1S/C13H16O4S/c1-4-17-13(15)11-7-10(18-8-9(2)14)5-6-12(11)16-3/h5-7H,4,8H2,1-3H3. The van der Waals surface area contributed by atoms with Gasteiger partial charge in [-0.05, 0) is 32.0 Å². The Bertz CT molecular complexity index is 443. The lowest BCUT2D eigenvalue weighted by atomic mass is 10.2. The van der Waals surface area contributed by atoms with Crippen molar-refractivity contribution < 1.29 is 19.1 Å². The van der Waals surface area contributed by atoms with Crippen LogP contribution in [-0.4, -0.2) is 31.2 Å². The molecule has 1 aromatic carbocycles. The first-order valence-corrected chi connectivity index (χ1v) is 6.54. The summed E-state index contributed by atoms with van der Waals surface area (Å²) in [6.07, 6.45) is 0. The van der Waals surface area contributed by atoms with Gasteiger partial charge in [0, 0.05) is 4.90 Å². The summed E-state index contributed by atoms with van der Waals surface area (Å²) < 4.78 is 10.1. The van der Waals surface area contributed by atoms with Crippen molar-refractivity contribution in [1.82, 2.24) is 0 Å². The molecule has 0 spiro atoms. The van der Waals surface area contributed by atoms with E-state index >= 15 is 0 Å². The van der Waals surface area contributed by atoms with Crippen molar-refractivity contribution in [3.8, 4) is 5.75 Å². The molecule has 1 aromatic rings. The van der Waals surface area contributed by atoms with E-state index in [4.69, 9.17) is 9.47 Å². The molecule has 0 saturated carbocycles. The van der Waals surface area contributed by atoms with Crippen LogP contribution in [-0.2, 0) is 9.53 Å². The zero-order valence-corrected chi connectivity index (χ0v) is 11.5. The number of thioether (sulfide) groups is 1. The molecule has 0 fully saturated rings. The fourth-order valence-corrected chi connectivity index (χ4v) is 2.07. The summed E-state index contributed by atoms with van der Waals surface area (Å²) in [5.41, 5.74) is 0.382. The highest BCUT2D eigenvalue weighted by Crippen LogP contribution is 2.26. The summed E-state index contributed by atoms with van der Waals surface area (Å²) >= 11 is 1.38. The molecule has 0 aromatic heterocycles. The summed E-state index contributed by atoms with van der Waals surface area (Å²) in [5, 5.41) is 0. The third-order valence-electron chi connectivity index (χ3n) is 2.11. The molecule has 0 aliphatic rings. The van der Waals surface area contributed by atoms with Crippen LogP contribution < -0.4 is 4.74 Å². The van der Waals surface area contributed by atoms with E-state index in [9.17, 15) is 9.59 Å².